The lowest BCUT2D eigenvalue weighted by atomic mass is 9.91. The second-order valence-corrected chi connectivity index (χ2v) is 15.6. The molecule has 1 unspecified atom stereocenters. The van der Waals surface area contributed by atoms with Crippen molar-refractivity contribution < 1.29 is 23.8 Å². The van der Waals surface area contributed by atoms with Crippen molar-refractivity contribution >= 4 is 48.0 Å². The first-order chi connectivity index (χ1) is 18.7. The lowest BCUT2D eigenvalue weighted by Crippen LogP contribution is -2.69. The molecule has 9 heteroatoms. The maximum absolute atomic E-state index is 12.5. The Labute approximate surface area is 232 Å². The molecule has 2 aromatic carbocycles. The third-order valence-corrected chi connectivity index (χ3v) is 13.3. The number of thiophene rings is 1. The highest BCUT2D eigenvalue weighted by Gasteiger charge is 2.57. The molecule has 5 rings (SSSR count). The van der Waals surface area contributed by atoms with E-state index in [1.165, 1.54) is 13.4 Å². The average molecular weight is 559 g/mol. The summed E-state index contributed by atoms with van der Waals surface area (Å²) in [7, 11) is -0.317. The Bertz CT molecular complexity index is 1480. The average Bonchev–Trinajstić information content (AvgIpc) is 3.56. The normalized spacial score (nSPS) is 18.6. The molecule has 7 nitrogen and oxygen atoms in total. The van der Waals surface area contributed by atoms with Crippen LogP contribution in [0.1, 0.15) is 35.3 Å². The van der Waals surface area contributed by atoms with Crippen LogP contribution >= 0.6 is 11.3 Å². The van der Waals surface area contributed by atoms with Gasteiger partial charge in [-0.1, -0.05) is 81.4 Å². The highest BCUT2D eigenvalue weighted by atomic mass is 32.1. The van der Waals surface area contributed by atoms with Gasteiger partial charge in [-0.05, 0) is 27.6 Å². The first-order valence-corrected chi connectivity index (χ1v) is 15.2. The number of hydrogen-bond donors (Lipinski definition) is 1. The Kier molecular flexibility index (Phi) is 6.92. The van der Waals surface area contributed by atoms with E-state index in [0.717, 1.165) is 21.7 Å². The number of rotatable bonds is 7. The summed E-state index contributed by atoms with van der Waals surface area (Å²) >= 11 is 1.11. The summed E-state index contributed by atoms with van der Waals surface area (Å²) in [6.45, 7) is 6.56. The lowest BCUT2D eigenvalue weighted by Gasteiger charge is -2.49. The molecular weight excluding hydrogens is 528 g/mol. The molecule has 1 aromatic heterocycles. The second kappa shape index (κ2) is 10.1. The van der Waals surface area contributed by atoms with Gasteiger partial charge in [0.25, 0.3) is 8.32 Å². The minimum Gasteiger partial charge on any atom is -0.506 e. The second-order valence-electron chi connectivity index (χ2n) is 10.3. The molecule has 0 bridgehead atoms. The molecule has 0 amide bonds. The van der Waals surface area contributed by atoms with Crippen LogP contribution < -0.4 is 10.4 Å². The third kappa shape index (κ3) is 4.36. The third-order valence-electron chi connectivity index (χ3n) is 7.03. The molecule has 2 aliphatic rings. The van der Waals surface area contributed by atoms with E-state index in [1.54, 1.807) is 13.2 Å². The summed E-state index contributed by atoms with van der Waals surface area (Å²) in [6, 6.07) is 22.1. The Morgan fingerprint density at radius 1 is 1.00 bits per heavy atom. The van der Waals surface area contributed by atoms with Gasteiger partial charge in [-0.15, -0.1) is 11.3 Å². The Hall–Kier alpha value is -3.79. The van der Waals surface area contributed by atoms with Crippen LogP contribution in [-0.2, 0) is 19.5 Å². The molecule has 2 heterocycles. The van der Waals surface area contributed by atoms with Crippen LogP contribution in [0.4, 0.5) is 0 Å². The molecule has 0 spiro atoms. The maximum Gasteiger partial charge on any atom is 0.351 e. The molecule has 0 saturated heterocycles. The van der Waals surface area contributed by atoms with Crippen LogP contribution in [0.3, 0.4) is 0 Å². The van der Waals surface area contributed by atoms with E-state index >= 15 is 0 Å². The molecule has 0 saturated carbocycles. The number of aromatic hydroxyl groups is 1. The van der Waals surface area contributed by atoms with Crippen LogP contribution in [0.2, 0.25) is 5.04 Å². The molecule has 39 heavy (non-hydrogen) atoms. The summed E-state index contributed by atoms with van der Waals surface area (Å²) in [5.41, 5.74) is -0.0477. The number of aliphatic imine (C=N–C) groups is 2. The van der Waals surface area contributed by atoms with Crippen molar-refractivity contribution in [2.24, 2.45) is 9.98 Å². The summed E-state index contributed by atoms with van der Waals surface area (Å²) in [4.78, 5) is 22.1. The SMILES string of the molecule is COC(=O)c1sc(C2(O[Si](c3ccccc3)(c3ccccc3)C(C)(C)C)C=C3N=CN=C3C=C2OC)cc1O. The zero-order valence-corrected chi connectivity index (χ0v) is 24.3. The van der Waals surface area contributed by atoms with E-state index in [2.05, 4.69) is 55.0 Å². The minimum absolute atomic E-state index is 0.0844. The van der Waals surface area contributed by atoms with Crippen molar-refractivity contribution in [1.82, 2.24) is 0 Å². The van der Waals surface area contributed by atoms with Crippen molar-refractivity contribution in [2.45, 2.75) is 31.4 Å². The first-order valence-electron chi connectivity index (χ1n) is 12.5. The summed E-state index contributed by atoms with van der Waals surface area (Å²) in [5.74, 6) is -0.339. The largest absolute Gasteiger partial charge is 0.506 e. The molecule has 0 radical (unpaired) electrons. The Morgan fingerprint density at radius 3 is 2.15 bits per heavy atom. The van der Waals surface area contributed by atoms with Gasteiger partial charge >= 0.3 is 5.97 Å². The zero-order chi connectivity index (χ0) is 27.8. The van der Waals surface area contributed by atoms with Gasteiger partial charge in [0.1, 0.15) is 17.8 Å². The predicted octanol–water partition coefficient (Wildman–Crippen LogP) is 4.92. The fourth-order valence-electron chi connectivity index (χ4n) is 5.23. The van der Waals surface area contributed by atoms with Crippen LogP contribution in [0.5, 0.6) is 5.75 Å². The number of hydrogen-bond acceptors (Lipinski definition) is 8. The van der Waals surface area contributed by atoms with Crippen molar-refractivity contribution in [3.05, 3.63) is 100 Å². The number of esters is 1. The van der Waals surface area contributed by atoms with Gasteiger partial charge in [0, 0.05) is 6.08 Å². The minimum atomic E-state index is -3.19. The fourth-order valence-corrected chi connectivity index (χ4v) is 11.1. The van der Waals surface area contributed by atoms with E-state index < -0.39 is 19.9 Å². The number of allylic oxidation sites excluding steroid dienone is 1. The number of carbonyl (C=O) groups is 1. The van der Waals surface area contributed by atoms with Gasteiger partial charge in [0.05, 0.1) is 30.5 Å². The Balaban J connectivity index is 1.86. The van der Waals surface area contributed by atoms with Gasteiger partial charge in [0.2, 0.25) is 0 Å². The molecule has 1 aliphatic carbocycles. The fraction of sp³-hybridized carbons (Fsp3) is 0.233. The van der Waals surface area contributed by atoms with Crippen LogP contribution in [0.25, 0.3) is 0 Å². The molecular formula is C30H30N2O5SSi. The van der Waals surface area contributed by atoms with Crippen molar-refractivity contribution in [3.8, 4) is 5.75 Å². The monoisotopic (exact) mass is 558 g/mol. The van der Waals surface area contributed by atoms with Gasteiger partial charge in [-0.25, -0.2) is 14.8 Å². The number of nitrogens with zero attached hydrogens (tertiary/aromatic N) is 2. The molecule has 1 atom stereocenters. The van der Waals surface area contributed by atoms with Crippen molar-refractivity contribution in [2.75, 3.05) is 14.2 Å². The van der Waals surface area contributed by atoms with Crippen molar-refractivity contribution in [3.63, 3.8) is 0 Å². The summed E-state index contributed by atoms with van der Waals surface area (Å²) < 4.78 is 18.6. The maximum atomic E-state index is 12.5. The van der Waals surface area contributed by atoms with Crippen molar-refractivity contribution in [1.29, 1.82) is 0 Å². The lowest BCUT2D eigenvalue weighted by molar-refractivity contribution is 0.0603. The van der Waals surface area contributed by atoms with Gasteiger partial charge < -0.3 is 19.0 Å². The van der Waals surface area contributed by atoms with E-state index in [9.17, 15) is 9.90 Å². The molecule has 1 aliphatic heterocycles. The molecule has 0 fully saturated rings. The van der Waals surface area contributed by atoms with Gasteiger partial charge in [-0.3, -0.25) is 0 Å². The molecule has 1 N–H and O–H groups in total. The highest BCUT2D eigenvalue weighted by molar-refractivity contribution is 7.14. The van der Waals surface area contributed by atoms with E-state index in [1.807, 2.05) is 48.6 Å². The first kappa shape index (κ1) is 26.8. The summed E-state index contributed by atoms with van der Waals surface area (Å²) in [5, 5.41) is 12.6. The molecule has 3 aromatic rings. The van der Waals surface area contributed by atoms with Gasteiger partial charge in [-0.2, -0.15) is 0 Å². The van der Waals surface area contributed by atoms with Crippen LogP contribution in [-0.4, -0.2) is 45.7 Å². The number of fused-ring (bicyclic) bond motifs is 1. The number of methoxy groups -OCH3 is 2. The topological polar surface area (TPSA) is 89.7 Å². The van der Waals surface area contributed by atoms with E-state index in [4.69, 9.17) is 13.9 Å². The van der Waals surface area contributed by atoms with Crippen LogP contribution in [0, 0.1) is 0 Å². The number of ether oxygens (including phenoxy) is 2. The smallest absolute Gasteiger partial charge is 0.351 e. The zero-order valence-electron chi connectivity index (χ0n) is 22.5. The quantitative estimate of drug-likeness (QED) is 0.328. The number of carbonyl (C=O) groups excluding carboxylic acids is 1. The highest BCUT2D eigenvalue weighted by Crippen LogP contribution is 2.50. The standard InChI is InChI=1S/C30H30N2O5SSi/c1-29(2,3)39(20-12-8-6-9-13-20,21-14-10-7-11-15-21)37-30(26-17-24(33)27(38-26)28(34)36-5)18-23-22(31-19-32-23)16-25(30)35-4/h6-19,33H,1-5H3. The summed E-state index contributed by atoms with van der Waals surface area (Å²) in [6.07, 6.45) is 5.20. The molecule has 200 valence electrons. The number of benzene rings is 2. The Morgan fingerprint density at radius 2 is 1.62 bits per heavy atom. The van der Waals surface area contributed by atoms with Gasteiger partial charge in [0.15, 0.2) is 10.5 Å². The predicted molar refractivity (Wildman–Crippen MR) is 157 cm³/mol. The van der Waals surface area contributed by atoms with E-state index in [-0.39, 0.29) is 15.7 Å². The van der Waals surface area contributed by atoms with E-state index in [0.29, 0.717) is 22.0 Å². The van der Waals surface area contributed by atoms with Crippen LogP contribution in [0.15, 0.2) is 100 Å².